The molecular formula is C72H72O18. The molecule has 0 saturated carbocycles. The Kier molecular flexibility index (Phi) is 19.0. The average molecular weight is 1230 g/mol. The minimum absolute atomic E-state index is 0.356. The molecule has 0 bridgehead atoms. The number of rotatable bonds is 36. The van der Waals surface area contributed by atoms with Crippen LogP contribution in [0, 0.1) is 0 Å². The van der Waals surface area contributed by atoms with Crippen LogP contribution in [0.2, 0.25) is 0 Å². The first-order valence-corrected chi connectivity index (χ1v) is 30.7. The molecule has 7 aromatic rings. The lowest BCUT2D eigenvalue weighted by Crippen LogP contribution is -2.14. The van der Waals surface area contributed by atoms with E-state index in [4.69, 9.17) is 71.1 Å². The van der Waals surface area contributed by atoms with Crippen LogP contribution in [-0.2, 0) is 90.5 Å². The normalized spacial score (nSPS) is 16.6. The predicted octanol–water partition coefficient (Wildman–Crippen LogP) is 10.1. The summed E-state index contributed by atoms with van der Waals surface area (Å²) in [4.78, 5) is 43.8. The zero-order valence-corrected chi connectivity index (χ0v) is 50.8. The fourth-order valence-electron chi connectivity index (χ4n) is 12.9. The maximum absolute atomic E-state index is 14.6. The third-order valence-corrected chi connectivity index (χ3v) is 17.1. The van der Waals surface area contributed by atoms with Gasteiger partial charge in [-0.1, -0.05) is 54.6 Å². The second-order valence-electron chi connectivity index (χ2n) is 22.7. The van der Waals surface area contributed by atoms with E-state index in [1.165, 1.54) is 0 Å². The summed E-state index contributed by atoms with van der Waals surface area (Å²) in [6, 6.07) is 29.5. The van der Waals surface area contributed by atoms with Gasteiger partial charge in [-0.3, -0.25) is 0 Å². The predicted molar refractivity (Wildman–Crippen MR) is 334 cm³/mol. The molecule has 6 aliphatic rings. The van der Waals surface area contributed by atoms with Crippen LogP contribution in [0.4, 0.5) is 0 Å². The Morgan fingerprint density at radius 2 is 0.544 bits per heavy atom. The largest absolute Gasteiger partial charge is 0.491 e. The zero-order chi connectivity index (χ0) is 61.5. The van der Waals surface area contributed by atoms with Crippen molar-refractivity contribution >= 4 is 68.5 Å². The first kappa shape index (κ1) is 60.9. The maximum Gasteiger partial charge on any atom is 0.335 e. The van der Waals surface area contributed by atoms with Crippen LogP contribution in [0.1, 0.15) is 85.1 Å². The third kappa shape index (κ3) is 12.6. The topological polar surface area (TPSA) is 190 Å². The van der Waals surface area contributed by atoms with Gasteiger partial charge in [-0.05, 0) is 120 Å². The first-order valence-electron chi connectivity index (χ1n) is 30.7. The van der Waals surface area contributed by atoms with Gasteiger partial charge in [0.25, 0.3) is 0 Å². The number of fused-ring (bicyclic) bond motifs is 3. The van der Waals surface area contributed by atoms with Crippen LogP contribution < -0.4 is 14.2 Å². The summed E-state index contributed by atoms with van der Waals surface area (Å²) in [7, 11) is 4.91. The summed E-state index contributed by atoms with van der Waals surface area (Å²) in [5, 5.41) is 5.54. The van der Waals surface area contributed by atoms with E-state index < -0.39 is 36.2 Å². The molecule has 7 aromatic carbocycles. The second-order valence-corrected chi connectivity index (χ2v) is 22.7. The van der Waals surface area contributed by atoms with Gasteiger partial charge in [0.05, 0.1) is 99.1 Å². The fourth-order valence-corrected chi connectivity index (χ4v) is 12.9. The van der Waals surface area contributed by atoms with Gasteiger partial charge >= 0.3 is 17.9 Å². The van der Waals surface area contributed by atoms with E-state index in [0.717, 1.165) is 99.1 Å². The van der Waals surface area contributed by atoms with E-state index in [0.29, 0.717) is 172 Å². The van der Waals surface area contributed by atoms with Crippen molar-refractivity contribution in [3.63, 3.8) is 0 Å². The molecule has 468 valence electrons. The van der Waals surface area contributed by atoms with Crippen LogP contribution in [0.15, 0.2) is 108 Å². The van der Waals surface area contributed by atoms with Gasteiger partial charge < -0.3 is 71.1 Å². The fraction of sp³-hybridized carbons (Fsp3) is 0.375. The second kappa shape index (κ2) is 28.0. The molecule has 18 heteroatoms. The highest BCUT2D eigenvalue weighted by atomic mass is 16.6. The summed E-state index contributed by atoms with van der Waals surface area (Å²) in [5.74, 6) is 0.720. The van der Waals surface area contributed by atoms with Crippen LogP contribution >= 0.6 is 0 Å². The summed E-state index contributed by atoms with van der Waals surface area (Å²) >= 11 is 0. The van der Waals surface area contributed by atoms with Gasteiger partial charge in [0.15, 0.2) is 18.3 Å². The highest BCUT2D eigenvalue weighted by Gasteiger charge is 2.44. The van der Waals surface area contributed by atoms with Crippen LogP contribution in [0.25, 0.3) is 50.5 Å². The van der Waals surface area contributed by atoms with Gasteiger partial charge in [0.2, 0.25) is 0 Å². The van der Waals surface area contributed by atoms with Crippen LogP contribution in [0.5, 0.6) is 17.2 Å². The van der Waals surface area contributed by atoms with E-state index in [1.54, 1.807) is 21.3 Å². The summed E-state index contributed by atoms with van der Waals surface area (Å²) in [6.45, 7) is 8.18. The summed E-state index contributed by atoms with van der Waals surface area (Å²) < 4.78 is 86.6. The van der Waals surface area contributed by atoms with Crippen LogP contribution in [-0.4, -0.2) is 158 Å². The lowest BCUT2D eigenvalue weighted by Gasteiger charge is -2.18. The SMILES string of the molecule is COCCOCCOCCOc1ccc2c(c1)C=C(C(=O)OC1c3ccc4c5c3c3c1ccc1c3c3c(ccc(c53)C4OC(=O)C3=Cc4cc(OCCOCCOCCOC)ccc4C3)C1OC(=O)C1=Cc3cc(OCCOCCOCCOC)ccc3C1)C2. The Hall–Kier alpha value is -8.01. The lowest BCUT2D eigenvalue weighted by atomic mass is 9.95. The molecule has 0 amide bonds. The molecule has 0 spiro atoms. The molecule has 0 fully saturated rings. The summed E-state index contributed by atoms with van der Waals surface area (Å²) in [6.07, 6.45) is 4.55. The van der Waals surface area contributed by atoms with Crippen molar-refractivity contribution in [2.75, 3.05) is 140 Å². The molecule has 0 N–H and O–H groups in total. The molecule has 13 rings (SSSR count). The van der Waals surface area contributed by atoms with E-state index >= 15 is 0 Å². The molecule has 90 heavy (non-hydrogen) atoms. The Balaban J connectivity index is 0.744. The monoisotopic (exact) mass is 1220 g/mol. The highest BCUT2D eigenvalue weighted by Crippen LogP contribution is 2.61. The molecular weight excluding hydrogens is 1150 g/mol. The number of esters is 3. The molecule has 18 nitrogen and oxygen atoms in total. The quantitative estimate of drug-likeness (QED) is 0.0156. The molecule has 0 unspecified atom stereocenters. The zero-order valence-electron chi connectivity index (χ0n) is 50.8. The average Bonchev–Trinajstić information content (AvgIpc) is 1.50. The molecule has 0 heterocycles. The number of methoxy groups -OCH3 is 3. The van der Waals surface area contributed by atoms with Gasteiger partial charge in [0, 0.05) is 90.7 Å². The third-order valence-electron chi connectivity index (χ3n) is 17.1. The molecule has 0 atom stereocenters. The number of carbonyl (C=O) groups is 3. The minimum Gasteiger partial charge on any atom is -0.491 e. The minimum atomic E-state index is -0.764. The smallest absolute Gasteiger partial charge is 0.335 e. The molecule has 0 saturated heterocycles. The Morgan fingerprint density at radius 1 is 0.311 bits per heavy atom. The van der Waals surface area contributed by atoms with Gasteiger partial charge in [-0.15, -0.1) is 0 Å². The van der Waals surface area contributed by atoms with E-state index in [-0.39, 0.29) is 0 Å². The molecule has 0 aliphatic heterocycles. The number of hydrogen-bond acceptors (Lipinski definition) is 18. The van der Waals surface area contributed by atoms with E-state index in [1.807, 2.05) is 109 Å². The number of ether oxygens (including phenoxy) is 15. The van der Waals surface area contributed by atoms with Crippen molar-refractivity contribution in [2.45, 2.75) is 37.6 Å². The number of hydrogen-bond donors (Lipinski definition) is 0. The first-order chi connectivity index (χ1) is 44.3. The molecule has 0 aromatic heterocycles. The molecule has 0 radical (unpaired) electrons. The van der Waals surface area contributed by atoms with Gasteiger partial charge in [-0.2, -0.15) is 0 Å². The standard InChI is InChI=1S/C72H72O18/c1-76-16-19-79-22-25-82-28-31-85-52-7-4-43-34-49(37-46(43)40-52)70(73)88-67-55-10-12-57-63-61(55)62-56(67)11-13-58-64(62)66-60(69(58)90-72(75)51-36-45-6-9-54(42-48(45)39-51)87-33-30-84-27-24-81-21-18-78-3)15-14-59(65(63)66)68(57)89-71(74)50-35-44-5-8-53(41-47(44)38-50)86-32-29-83-26-23-80-20-17-77-2/h4-15,37-42,67-69H,16-36H2,1-3H3. The van der Waals surface area contributed by atoms with Crippen molar-refractivity contribution in [1.82, 2.24) is 0 Å². The molecule has 6 aliphatic carbocycles. The maximum atomic E-state index is 14.6. The number of carbonyl (C=O) groups excluding carboxylic acids is 3. The van der Waals surface area contributed by atoms with Gasteiger partial charge in [-0.25, -0.2) is 14.4 Å². The Labute approximate surface area is 521 Å². The van der Waals surface area contributed by atoms with Gasteiger partial charge in [0.1, 0.15) is 37.1 Å². The lowest BCUT2D eigenvalue weighted by molar-refractivity contribution is -0.143. The Bertz CT molecular complexity index is 3440. The highest BCUT2D eigenvalue weighted by molar-refractivity contribution is 6.34. The van der Waals surface area contributed by atoms with Crippen molar-refractivity contribution in [3.8, 4) is 17.2 Å². The Morgan fingerprint density at radius 3 is 0.789 bits per heavy atom. The van der Waals surface area contributed by atoms with Crippen molar-refractivity contribution in [3.05, 3.63) is 174 Å². The van der Waals surface area contributed by atoms with Crippen molar-refractivity contribution in [2.24, 2.45) is 0 Å². The summed E-state index contributed by atoms with van der Waals surface area (Å²) in [5.41, 5.74) is 12.2. The van der Waals surface area contributed by atoms with Crippen LogP contribution in [0.3, 0.4) is 0 Å². The van der Waals surface area contributed by atoms with Crippen molar-refractivity contribution < 1.29 is 85.4 Å². The van der Waals surface area contributed by atoms with Crippen molar-refractivity contribution in [1.29, 1.82) is 0 Å². The number of benzene rings is 7. The van der Waals surface area contributed by atoms with E-state index in [9.17, 15) is 14.4 Å². The van der Waals surface area contributed by atoms with E-state index in [2.05, 4.69) is 0 Å².